The maximum atomic E-state index is 12.9. The monoisotopic (exact) mass is 447 g/mol. The van der Waals surface area contributed by atoms with Crippen molar-refractivity contribution in [3.05, 3.63) is 42.5 Å². The number of sulfonamides is 1. The number of aromatic nitrogens is 1. The Kier molecular flexibility index (Phi) is 6.68. The largest absolute Gasteiger partial charge is 0.443 e. The van der Waals surface area contributed by atoms with Gasteiger partial charge >= 0.3 is 6.09 Å². The van der Waals surface area contributed by atoms with Gasteiger partial charge in [0.2, 0.25) is 10.0 Å². The average molecular weight is 448 g/mol. The fraction of sp³-hybridized carbons (Fsp3) is 0.455. The number of nitrogens with zero attached hydrogens (tertiary/aromatic N) is 3. The minimum Gasteiger partial charge on any atom is -0.443 e. The molecule has 1 aromatic carbocycles. The molecule has 0 radical (unpaired) electrons. The number of hydrogen-bond acceptors (Lipinski definition) is 6. The molecule has 8 nitrogen and oxygen atoms in total. The molecule has 1 aliphatic rings. The summed E-state index contributed by atoms with van der Waals surface area (Å²) in [6, 6.07) is 11.4. The lowest BCUT2D eigenvalue weighted by Crippen LogP contribution is -2.37. The standard InChI is InChI=1S/C22H29N3O5S/c1-22(2,3)30-21(27)24(4)20-9-5-8-19(23-20)16-10-12-18(13-11-16)31(28,29)25-14-6-7-17(25)15-26/h5,8-13,17,26H,6-7,14-15H2,1-4H3/t17-/m1/s1. The van der Waals surface area contributed by atoms with Crippen LogP contribution in [0, 0.1) is 0 Å². The molecule has 3 rings (SSSR count). The number of aliphatic hydroxyl groups is 1. The average Bonchev–Trinajstić information content (AvgIpc) is 3.22. The van der Waals surface area contributed by atoms with E-state index < -0.39 is 21.7 Å². The van der Waals surface area contributed by atoms with Gasteiger partial charge in [-0.25, -0.2) is 18.2 Å². The van der Waals surface area contributed by atoms with E-state index in [1.807, 2.05) is 0 Å². The van der Waals surface area contributed by atoms with E-state index in [1.165, 1.54) is 9.21 Å². The molecule has 1 aliphatic heterocycles. The van der Waals surface area contributed by atoms with Crippen LogP contribution in [0.2, 0.25) is 0 Å². The van der Waals surface area contributed by atoms with Crippen molar-refractivity contribution in [2.45, 2.75) is 50.2 Å². The predicted octanol–water partition coefficient (Wildman–Crippen LogP) is 3.27. The van der Waals surface area contributed by atoms with Gasteiger partial charge in [0, 0.05) is 25.2 Å². The fourth-order valence-corrected chi connectivity index (χ4v) is 5.12. The molecule has 2 aromatic rings. The highest BCUT2D eigenvalue weighted by molar-refractivity contribution is 7.89. The molecule has 0 spiro atoms. The van der Waals surface area contributed by atoms with Gasteiger partial charge in [0.1, 0.15) is 11.4 Å². The number of benzene rings is 1. The second kappa shape index (κ2) is 8.94. The molecular weight excluding hydrogens is 418 g/mol. The number of hydrogen-bond donors (Lipinski definition) is 1. The Morgan fingerprint density at radius 2 is 1.90 bits per heavy atom. The minimum atomic E-state index is -3.67. The van der Waals surface area contributed by atoms with Crippen LogP contribution < -0.4 is 4.90 Å². The van der Waals surface area contributed by atoms with Gasteiger partial charge in [-0.2, -0.15) is 4.31 Å². The molecule has 1 amide bonds. The van der Waals surface area contributed by atoms with Crippen molar-refractivity contribution in [2.24, 2.45) is 0 Å². The van der Waals surface area contributed by atoms with E-state index in [-0.39, 0.29) is 17.5 Å². The molecule has 0 bridgehead atoms. The molecule has 0 aliphatic carbocycles. The molecule has 0 saturated carbocycles. The Morgan fingerprint density at radius 3 is 2.52 bits per heavy atom. The summed E-state index contributed by atoms with van der Waals surface area (Å²) < 4.78 is 32.6. The summed E-state index contributed by atoms with van der Waals surface area (Å²) in [6.45, 7) is 5.62. The van der Waals surface area contributed by atoms with Gasteiger partial charge in [0.05, 0.1) is 17.2 Å². The van der Waals surface area contributed by atoms with Crippen LogP contribution in [-0.2, 0) is 14.8 Å². The number of aliphatic hydroxyl groups excluding tert-OH is 1. The van der Waals surface area contributed by atoms with E-state index >= 15 is 0 Å². The zero-order valence-corrected chi connectivity index (χ0v) is 19.1. The second-order valence-electron chi connectivity index (χ2n) is 8.54. The molecule has 2 heterocycles. The van der Waals surface area contributed by atoms with Crippen LogP contribution in [0.25, 0.3) is 11.3 Å². The summed E-state index contributed by atoms with van der Waals surface area (Å²) in [5.74, 6) is 0.423. The van der Waals surface area contributed by atoms with Gasteiger partial charge in [-0.3, -0.25) is 4.90 Å². The van der Waals surface area contributed by atoms with Crippen LogP contribution in [0.15, 0.2) is 47.4 Å². The number of pyridine rings is 1. The number of amides is 1. The first-order valence-electron chi connectivity index (χ1n) is 10.2. The third-order valence-corrected chi connectivity index (χ3v) is 7.00. The predicted molar refractivity (Wildman–Crippen MR) is 118 cm³/mol. The van der Waals surface area contributed by atoms with Crippen molar-refractivity contribution < 1.29 is 23.1 Å². The van der Waals surface area contributed by atoms with E-state index in [4.69, 9.17) is 4.74 Å². The molecular formula is C22H29N3O5S. The van der Waals surface area contributed by atoms with Gasteiger partial charge in [0.15, 0.2) is 0 Å². The summed E-state index contributed by atoms with van der Waals surface area (Å²) in [5.41, 5.74) is 0.707. The molecule has 9 heteroatoms. The third-order valence-electron chi connectivity index (χ3n) is 5.04. The lowest BCUT2D eigenvalue weighted by Gasteiger charge is -2.24. The smallest absolute Gasteiger partial charge is 0.415 e. The van der Waals surface area contributed by atoms with E-state index in [1.54, 1.807) is 70.3 Å². The molecule has 0 unspecified atom stereocenters. The van der Waals surface area contributed by atoms with Crippen molar-refractivity contribution in [1.82, 2.24) is 9.29 Å². The number of anilines is 1. The van der Waals surface area contributed by atoms with Gasteiger partial charge in [0.25, 0.3) is 0 Å². The van der Waals surface area contributed by atoms with E-state index in [0.29, 0.717) is 24.5 Å². The highest BCUT2D eigenvalue weighted by atomic mass is 32.2. The summed E-state index contributed by atoms with van der Waals surface area (Å²) >= 11 is 0. The molecule has 1 aromatic heterocycles. The summed E-state index contributed by atoms with van der Waals surface area (Å²) in [5, 5.41) is 9.46. The molecule has 31 heavy (non-hydrogen) atoms. The zero-order valence-electron chi connectivity index (χ0n) is 18.3. The molecule has 1 saturated heterocycles. The minimum absolute atomic E-state index is 0.179. The van der Waals surface area contributed by atoms with Crippen molar-refractivity contribution in [3.63, 3.8) is 0 Å². The highest BCUT2D eigenvalue weighted by Gasteiger charge is 2.34. The molecule has 1 N–H and O–H groups in total. The zero-order chi connectivity index (χ0) is 22.8. The number of carbonyl (C=O) groups excluding carboxylic acids is 1. The number of ether oxygens (including phenoxy) is 1. The van der Waals surface area contributed by atoms with Crippen LogP contribution in [0.1, 0.15) is 33.6 Å². The van der Waals surface area contributed by atoms with Gasteiger partial charge < -0.3 is 9.84 Å². The quantitative estimate of drug-likeness (QED) is 0.755. The van der Waals surface area contributed by atoms with Crippen molar-refractivity contribution >= 4 is 21.9 Å². The Morgan fingerprint density at radius 1 is 1.23 bits per heavy atom. The topological polar surface area (TPSA) is 100 Å². The van der Waals surface area contributed by atoms with E-state index in [9.17, 15) is 18.3 Å². The second-order valence-corrected chi connectivity index (χ2v) is 10.4. The van der Waals surface area contributed by atoms with Crippen LogP contribution in [0.5, 0.6) is 0 Å². The van der Waals surface area contributed by atoms with Crippen LogP contribution >= 0.6 is 0 Å². The van der Waals surface area contributed by atoms with Crippen molar-refractivity contribution in [1.29, 1.82) is 0 Å². The first-order chi connectivity index (χ1) is 14.5. The van der Waals surface area contributed by atoms with Crippen molar-refractivity contribution in [3.8, 4) is 11.3 Å². The van der Waals surface area contributed by atoms with E-state index in [0.717, 1.165) is 12.0 Å². The Bertz CT molecular complexity index is 1030. The Hall–Kier alpha value is -2.49. The maximum Gasteiger partial charge on any atom is 0.415 e. The summed E-state index contributed by atoms with van der Waals surface area (Å²) in [7, 11) is -2.08. The maximum absolute atomic E-state index is 12.9. The van der Waals surface area contributed by atoms with E-state index in [2.05, 4.69) is 4.98 Å². The third kappa shape index (κ3) is 5.23. The number of carbonyl (C=O) groups is 1. The van der Waals surface area contributed by atoms with Crippen LogP contribution in [0.4, 0.5) is 10.6 Å². The van der Waals surface area contributed by atoms with Gasteiger partial charge in [-0.15, -0.1) is 0 Å². The van der Waals surface area contributed by atoms with Crippen molar-refractivity contribution in [2.75, 3.05) is 25.1 Å². The number of rotatable bonds is 5. The van der Waals surface area contributed by atoms with Crippen LogP contribution in [-0.4, -0.2) is 60.7 Å². The molecule has 1 atom stereocenters. The SMILES string of the molecule is CN(C(=O)OC(C)(C)C)c1cccc(-c2ccc(S(=O)(=O)N3CCC[C@@H]3CO)cc2)n1. The Balaban J connectivity index is 1.82. The van der Waals surface area contributed by atoms with Crippen LogP contribution in [0.3, 0.4) is 0 Å². The van der Waals surface area contributed by atoms with Gasteiger partial charge in [-0.05, 0) is 57.9 Å². The molecule has 168 valence electrons. The summed E-state index contributed by atoms with van der Waals surface area (Å²) in [4.78, 5) is 18.3. The summed E-state index contributed by atoms with van der Waals surface area (Å²) in [6.07, 6.45) is 0.891. The first kappa shape index (κ1) is 23.2. The fourth-order valence-electron chi connectivity index (χ4n) is 3.44. The first-order valence-corrected chi connectivity index (χ1v) is 11.6. The highest BCUT2D eigenvalue weighted by Crippen LogP contribution is 2.28. The lowest BCUT2D eigenvalue weighted by molar-refractivity contribution is 0.0588. The molecule has 1 fully saturated rings. The normalized spacial score (nSPS) is 17.5. The van der Waals surface area contributed by atoms with Gasteiger partial charge in [-0.1, -0.05) is 18.2 Å². The lowest BCUT2D eigenvalue weighted by atomic mass is 10.1. The Labute approximate surface area is 183 Å².